The summed E-state index contributed by atoms with van der Waals surface area (Å²) in [5, 5.41) is 0. The molecular formula is C28H29N5O. The lowest BCUT2D eigenvalue weighted by Gasteiger charge is -2.38. The van der Waals surface area contributed by atoms with Crippen molar-refractivity contribution < 1.29 is 4.79 Å². The van der Waals surface area contributed by atoms with Crippen molar-refractivity contribution in [1.29, 1.82) is 0 Å². The summed E-state index contributed by atoms with van der Waals surface area (Å²) in [6.45, 7) is 4.38. The van der Waals surface area contributed by atoms with Crippen molar-refractivity contribution >= 4 is 23.1 Å². The van der Waals surface area contributed by atoms with E-state index in [1.54, 1.807) is 0 Å². The van der Waals surface area contributed by atoms with Gasteiger partial charge in [0, 0.05) is 30.9 Å². The molecule has 2 aromatic rings. The first-order chi connectivity index (χ1) is 16.7. The van der Waals surface area contributed by atoms with E-state index in [0.717, 1.165) is 54.7 Å². The average molecular weight is 452 g/mol. The van der Waals surface area contributed by atoms with E-state index >= 15 is 0 Å². The Balaban J connectivity index is 1.13. The Morgan fingerprint density at radius 2 is 1.85 bits per heavy atom. The summed E-state index contributed by atoms with van der Waals surface area (Å²) in [6, 6.07) is 17.1. The van der Waals surface area contributed by atoms with E-state index in [1.807, 2.05) is 18.2 Å². The van der Waals surface area contributed by atoms with Crippen LogP contribution in [0.5, 0.6) is 0 Å². The lowest BCUT2D eigenvalue weighted by molar-refractivity contribution is 0.0999. The molecule has 6 heteroatoms. The number of benzene rings is 2. The third-order valence-electron chi connectivity index (χ3n) is 7.25. The highest BCUT2D eigenvalue weighted by molar-refractivity contribution is 6.25. The van der Waals surface area contributed by atoms with E-state index in [9.17, 15) is 4.79 Å². The Morgan fingerprint density at radius 3 is 2.68 bits per heavy atom. The molecule has 6 rings (SSSR count). The molecule has 1 fully saturated rings. The third kappa shape index (κ3) is 3.93. The molecule has 0 saturated carbocycles. The van der Waals surface area contributed by atoms with Crippen molar-refractivity contribution in [2.24, 2.45) is 9.98 Å². The van der Waals surface area contributed by atoms with Crippen LogP contribution in [0.3, 0.4) is 0 Å². The lowest BCUT2D eigenvalue weighted by atomic mass is 9.95. The molecule has 2 aromatic carbocycles. The zero-order chi connectivity index (χ0) is 23.1. The highest BCUT2D eigenvalue weighted by Gasteiger charge is 2.33. The van der Waals surface area contributed by atoms with Gasteiger partial charge in [0.05, 0.1) is 11.3 Å². The van der Waals surface area contributed by atoms with Gasteiger partial charge < -0.3 is 0 Å². The number of ketones is 1. The summed E-state index contributed by atoms with van der Waals surface area (Å²) in [7, 11) is 2.23. The minimum absolute atomic E-state index is 0.0642. The van der Waals surface area contributed by atoms with Crippen LogP contribution in [0.1, 0.15) is 34.3 Å². The molecule has 0 unspecified atom stereocenters. The van der Waals surface area contributed by atoms with Crippen LogP contribution in [0.4, 0.5) is 5.69 Å². The predicted molar refractivity (Wildman–Crippen MR) is 136 cm³/mol. The Kier molecular flexibility index (Phi) is 5.47. The highest BCUT2D eigenvalue weighted by atomic mass is 16.1. The molecule has 4 heterocycles. The van der Waals surface area contributed by atoms with E-state index in [-0.39, 0.29) is 12.3 Å². The number of fused-ring (bicyclic) bond motifs is 2. The summed E-state index contributed by atoms with van der Waals surface area (Å²) in [6.07, 6.45) is 8.75. The zero-order valence-corrected chi connectivity index (χ0v) is 19.5. The first-order valence-corrected chi connectivity index (χ1v) is 12.1. The Labute approximate surface area is 200 Å². The number of likely N-dealkylation sites (N-methyl/N-ethyl adjacent to an activating group) is 1. The smallest absolute Gasteiger partial charge is 0.185 e. The molecule has 4 aliphatic rings. The van der Waals surface area contributed by atoms with Crippen LogP contribution in [0, 0.1) is 0 Å². The second kappa shape index (κ2) is 8.78. The van der Waals surface area contributed by atoms with Gasteiger partial charge in [0.1, 0.15) is 18.2 Å². The van der Waals surface area contributed by atoms with Gasteiger partial charge in [0.25, 0.3) is 0 Å². The summed E-state index contributed by atoms with van der Waals surface area (Å²) < 4.78 is 0. The number of amidine groups is 2. The molecule has 0 bridgehead atoms. The first kappa shape index (κ1) is 21.2. The summed E-state index contributed by atoms with van der Waals surface area (Å²) in [4.78, 5) is 28.9. The molecule has 0 aromatic heterocycles. The number of carbonyl (C=O) groups excluding carboxylic acids is 1. The second-order valence-corrected chi connectivity index (χ2v) is 9.55. The maximum Gasteiger partial charge on any atom is 0.185 e. The number of hydrogen-bond acceptors (Lipinski definition) is 6. The van der Waals surface area contributed by atoms with Crippen molar-refractivity contribution in [1.82, 2.24) is 14.7 Å². The molecule has 0 aliphatic carbocycles. The van der Waals surface area contributed by atoms with Crippen molar-refractivity contribution in [2.45, 2.75) is 25.4 Å². The van der Waals surface area contributed by atoms with E-state index in [4.69, 9.17) is 4.99 Å². The van der Waals surface area contributed by atoms with Gasteiger partial charge in [-0.05, 0) is 56.3 Å². The van der Waals surface area contributed by atoms with E-state index < -0.39 is 0 Å². The van der Waals surface area contributed by atoms with Crippen LogP contribution >= 0.6 is 0 Å². The number of hydrogen-bond donors (Lipinski definition) is 0. The molecule has 6 nitrogen and oxygen atoms in total. The monoisotopic (exact) mass is 451 g/mol. The molecule has 172 valence electrons. The topological polar surface area (TPSA) is 51.5 Å². The average Bonchev–Trinajstić information content (AvgIpc) is 2.87. The summed E-state index contributed by atoms with van der Waals surface area (Å²) in [5.74, 6) is 1.77. The maximum absolute atomic E-state index is 12.4. The standard InChI is InChI=1S/C28H29N5O/c1-31(22-12-14-32(15-13-22)18-20-6-3-2-4-7-20)17-21-10-11-26-30-24-9-5-8-23-25(34)16-29-28(27(23)24)33(26)19-21/h2-11,19,22H,12-18H2,1H3. The fourth-order valence-electron chi connectivity index (χ4n) is 5.40. The Morgan fingerprint density at radius 1 is 1.03 bits per heavy atom. The van der Waals surface area contributed by atoms with E-state index in [2.05, 4.69) is 75.4 Å². The molecule has 0 N–H and O–H groups in total. The number of nitrogens with zero attached hydrogens (tertiary/aromatic N) is 5. The molecule has 34 heavy (non-hydrogen) atoms. The Bertz CT molecular complexity index is 1230. The molecule has 0 amide bonds. The molecule has 4 aliphatic heterocycles. The van der Waals surface area contributed by atoms with Gasteiger partial charge in [-0.2, -0.15) is 0 Å². The quantitative estimate of drug-likeness (QED) is 0.689. The highest BCUT2D eigenvalue weighted by Crippen LogP contribution is 2.34. The fourth-order valence-corrected chi connectivity index (χ4v) is 5.40. The molecule has 0 radical (unpaired) electrons. The second-order valence-electron chi connectivity index (χ2n) is 9.55. The van der Waals surface area contributed by atoms with Crippen LogP contribution < -0.4 is 0 Å². The number of likely N-dealkylation sites (tertiary alicyclic amines) is 1. The van der Waals surface area contributed by atoms with Crippen molar-refractivity contribution in [3.63, 3.8) is 0 Å². The number of piperidine rings is 1. The minimum atomic E-state index is 0.0642. The van der Waals surface area contributed by atoms with Gasteiger partial charge in [0.15, 0.2) is 5.78 Å². The fraction of sp³-hybridized carbons (Fsp3) is 0.321. The van der Waals surface area contributed by atoms with Gasteiger partial charge >= 0.3 is 0 Å². The van der Waals surface area contributed by atoms with Crippen LogP contribution in [0.25, 0.3) is 0 Å². The third-order valence-corrected chi connectivity index (χ3v) is 7.25. The predicted octanol–water partition coefficient (Wildman–Crippen LogP) is 4.03. The minimum Gasteiger partial charge on any atom is -0.299 e. The molecule has 0 spiro atoms. The van der Waals surface area contributed by atoms with Crippen LogP contribution in [-0.4, -0.2) is 71.4 Å². The molecule has 0 atom stereocenters. The van der Waals surface area contributed by atoms with Crippen molar-refractivity contribution in [3.8, 4) is 0 Å². The van der Waals surface area contributed by atoms with Gasteiger partial charge in [-0.15, -0.1) is 0 Å². The van der Waals surface area contributed by atoms with E-state index in [0.29, 0.717) is 6.04 Å². The van der Waals surface area contributed by atoms with Crippen molar-refractivity contribution in [3.05, 3.63) is 89.1 Å². The van der Waals surface area contributed by atoms with Gasteiger partial charge in [0.2, 0.25) is 0 Å². The van der Waals surface area contributed by atoms with Gasteiger partial charge in [-0.25, -0.2) is 4.99 Å². The lowest BCUT2D eigenvalue weighted by Crippen LogP contribution is -2.44. The zero-order valence-electron chi connectivity index (χ0n) is 19.5. The van der Waals surface area contributed by atoms with Gasteiger partial charge in [-0.1, -0.05) is 48.5 Å². The normalized spacial score (nSPS) is 20.0. The van der Waals surface area contributed by atoms with Gasteiger partial charge in [-0.3, -0.25) is 24.5 Å². The van der Waals surface area contributed by atoms with Crippen LogP contribution in [0.2, 0.25) is 0 Å². The number of aliphatic imine (C=N–C) groups is 2. The maximum atomic E-state index is 12.4. The number of rotatable bonds is 5. The Hall–Kier alpha value is -3.35. The molecular weight excluding hydrogens is 422 g/mol. The summed E-state index contributed by atoms with van der Waals surface area (Å²) >= 11 is 0. The SMILES string of the molecule is CN(CC1=CN2C(=Nc3cccc4c3C2=NCC4=O)C=C1)C1CCN(Cc2ccccc2)CC1. The van der Waals surface area contributed by atoms with E-state index in [1.165, 1.54) is 24.0 Å². The van der Waals surface area contributed by atoms with Crippen molar-refractivity contribution in [2.75, 3.05) is 33.2 Å². The number of carbonyl (C=O) groups is 1. The largest absolute Gasteiger partial charge is 0.299 e. The van der Waals surface area contributed by atoms with Crippen LogP contribution in [0.15, 0.2) is 82.4 Å². The van der Waals surface area contributed by atoms with Crippen LogP contribution in [-0.2, 0) is 6.54 Å². The first-order valence-electron chi connectivity index (χ1n) is 12.1. The number of Topliss-reactive ketones (excluding diaryl/α,β-unsaturated/α-hetero) is 1. The molecule has 1 saturated heterocycles. The summed E-state index contributed by atoms with van der Waals surface area (Å²) in [5.41, 5.74) is 5.05.